The summed E-state index contributed by atoms with van der Waals surface area (Å²) in [5, 5.41) is 9.74. The summed E-state index contributed by atoms with van der Waals surface area (Å²) in [5.74, 6) is -2.39. The second kappa shape index (κ2) is 5.94. The Labute approximate surface area is 128 Å². The van der Waals surface area contributed by atoms with Gasteiger partial charge < -0.3 is 14.7 Å². The lowest BCUT2D eigenvalue weighted by molar-refractivity contribution is 0.0270. The molecule has 0 spiro atoms. The van der Waals surface area contributed by atoms with E-state index in [2.05, 4.69) is 0 Å². The van der Waals surface area contributed by atoms with Crippen molar-refractivity contribution in [3.63, 3.8) is 0 Å². The fourth-order valence-corrected chi connectivity index (χ4v) is 2.23. The van der Waals surface area contributed by atoms with E-state index in [1.807, 2.05) is 0 Å². The van der Waals surface area contributed by atoms with Crippen molar-refractivity contribution in [2.75, 3.05) is 13.1 Å². The number of amides is 1. The summed E-state index contributed by atoms with van der Waals surface area (Å²) >= 11 is 0. The maximum absolute atomic E-state index is 13.8. The molecule has 6 heteroatoms. The lowest BCUT2D eigenvalue weighted by Crippen LogP contribution is -2.39. The van der Waals surface area contributed by atoms with Gasteiger partial charge in [-0.25, -0.2) is 13.6 Å². The molecule has 0 saturated heterocycles. The van der Waals surface area contributed by atoms with E-state index >= 15 is 0 Å². The van der Waals surface area contributed by atoms with E-state index in [0.717, 1.165) is 12.1 Å². The third kappa shape index (κ3) is 3.55. The fourth-order valence-electron chi connectivity index (χ4n) is 2.23. The van der Waals surface area contributed by atoms with Crippen LogP contribution in [0.15, 0.2) is 18.2 Å². The van der Waals surface area contributed by atoms with Crippen LogP contribution >= 0.6 is 0 Å². The highest BCUT2D eigenvalue weighted by Crippen LogP contribution is 2.33. The molecule has 0 atom stereocenters. The van der Waals surface area contributed by atoms with Crippen molar-refractivity contribution >= 4 is 11.7 Å². The monoisotopic (exact) mass is 311 g/mol. The number of hydrogen-bond acceptors (Lipinski definition) is 3. The van der Waals surface area contributed by atoms with E-state index in [1.54, 1.807) is 26.8 Å². The minimum absolute atomic E-state index is 0.135. The summed E-state index contributed by atoms with van der Waals surface area (Å²) < 4.78 is 32.4. The van der Waals surface area contributed by atoms with Gasteiger partial charge in [-0.05, 0) is 44.9 Å². The zero-order valence-electron chi connectivity index (χ0n) is 12.8. The average molecular weight is 311 g/mol. The van der Waals surface area contributed by atoms with Crippen LogP contribution in [0.3, 0.4) is 0 Å². The van der Waals surface area contributed by atoms with Crippen molar-refractivity contribution < 1.29 is 23.4 Å². The number of phenolic OH excluding ortho intramolecular Hbond substituents is 1. The Morgan fingerprint density at radius 3 is 2.55 bits per heavy atom. The summed E-state index contributed by atoms with van der Waals surface area (Å²) in [4.78, 5) is 13.4. The number of benzene rings is 1. The largest absolute Gasteiger partial charge is 0.507 e. The molecule has 0 bridgehead atoms. The first-order chi connectivity index (χ1) is 10.2. The van der Waals surface area contributed by atoms with Gasteiger partial charge in [0, 0.05) is 13.1 Å². The molecule has 0 aromatic heterocycles. The second-order valence-corrected chi connectivity index (χ2v) is 6.16. The fraction of sp³-hybridized carbons (Fsp3) is 0.438. The molecule has 0 fully saturated rings. The third-order valence-corrected chi connectivity index (χ3v) is 3.25. The molecule has 120 valence electrons. The first-order valence-corrected chi connectivity index (χ1v) is 7.03. The van der Waals surface area contributed by atoms with Crippen LogP contribution in [0.25, 0.3) is 5.57 Å². The maximum atomic E-state index is 13.8. The number of ether oxygens (including phenoxy) is 1. The summed E-state index contributed by atoms with van der Waals surface area (Å²) in [6.07, 6.45) is 1.46. The molecule has 0 aliphatic carbocycles. The van der Waals surface area contributed by atoms with Crippen LogP contribution in [0.1, 0.15) is 32.8 Å². The lowest BCUT2D eigenvalue weighted by Gasteiger charge is -2.29. The van der Waals surface area contributed by atoms with Crippen LogP contribution in [0, 0.1) is 11.6 Å². The van der Waals surface area contributed by atoms with Crippen LogP contribution in [0.2, 0.25) is 0 Å². The number of halogens is 2. The molecule has 1 aliphatic heterocycles. The highest BCUT2D eigenvalue weighted by Gasteiger charge is 2.26. The smallest absolute Gasteiger partial charge is 0.410 e. The number of rotatable bonds is 1. The van der Waals surface area contributed by atoms with Gasteiger partial charge >= 0.3 is 6.09 Å². The van der Waals surface area contributed by atoms with E-state index in [-0.39, 0.29) is 17.9 Å². The number of carbonyl (C=O) groups is 1. The highest BCUT2D eigenvalue weighted by atomic mass is 19.2. The van der Waals surface area contributed by atoms with Gasteiger partial charge in [0.2, 0.25) is 0 Å². The van der Waals surface area contributed by atoms with E-state index in [0.29, 0.717) is 18.5 Å². The molecule has 0 radical (unpaired) electrons. The van der Waals surface area contributed by atoms with E-state index < -0.39 is 23.3 Å². The highest BCUT2D eigenvalue weighted by molar-refractivity contribution is 5.75. The Morgan fingerprint density at radius 1 is 1.32 bits per heavy atom. The Balaban J connectivity index is 2.16. The second-order valence-electron chi connectivity index (χ2n) is 6.16. The summed E-state index contributed by atoms with van der Waals surface area (Å²) in [6.45, 7) is 5.86. The molecule has 1 aliphatic rings. The standard InChI is InChI=1S/C16H19F2NO3/c1-16(2,3)22-15(21)19-8-6-10(7-9-19)13-12(20)5-4-11(17)14(13)18/h4-6,20H,7-9H2,1-3H3. The molecule has 1 amide bonds. The normalized spacial score (nSPS) is 15.5. The van der Waals surface area contributed by atoms with E-state index in [1.165, 1.54) is 4.90 Å². The molecule has 0 saturated carbocycles. The molecule has 1 heterocycles. The molecule has 2 rings (SSSR count). The van der Waals surface area contributed by atoms with E-state index in [4.69, 9.17) is 4.74 Å². The van der Waals surface area contributed by atoms with Gasteiger partial charge in [0.25, 0.3) is 0 Å². The first-order valence-electron chi connectivity index (χ1n) is 7.03. The van der Waals surface area contributed by atoms with Gasteiger partial charge in [0.1, 0.15) is 11.4 Å². The van der Waals surface area contributed by atoms with Gasteiger partial charge in [0.05, 0.1) is 5.56 Å². The Bertz CT molecular complexity index is 621. The molecule has 1 aromatic rings. The Kier molecular flexibility index (Phi) is 4.39. The van der Waals surface area contributed by atoms with Gasteiger partial charge in [-0.2, -0.15) is 0 Å². The molecule has 1 N–H and O–H groups in total. The molecule has 0 unspecified atom stereocenters. The molecule has 1 aromatic carbocycles. The van der Waals surface area contributed by atoms with Crippen LogP contribution in [0.4, 0.5) is 13.6 Å². The number of hydrogen-bond donors (Lipinski definition) is 1. The van der Waals surface area contributed by atoms with Crippen LogP contribution in [-0.4, -0.2) is 34.8 Å². The third-order valence-electron chi connectivity index (χ3n) is 3.25. The van der Waals surface area contributed by atoms with E-state index in [9.17, 15) is 18.7 Å². The van der Waals surface area contributed by atoms with Crippen LogP contribution < -0.4 is 0 Å². The van der Waals surface area contributed by atoms with Gasteiger partial charge in [-0.3, -0.25) is 0 Å². The quantitative estimate of drug-likeness (QED) is 0.860. The number of aromatic hydroxyl groups is 1. The average Bonchev–Trinajstić information content (AvgIpc) is 2.42. The molecule has 22 heavy (non-hydrogen) atoms. The van der Waals surface area contributed by atoms with Crippen molar-refractivity contribution in [3.8, 4) is 5.75 Å². The first kappa shape index (κ1) is 16.3. The summed E-state index contributed by atoms with van der Waals surface area (Å²) in [6, 6.07) is 2.00. The summed E-state index contributed by atoms with van der Waals surface area (Å²) in [5.41, 5.74) is -0.244. The minimum atomic E-state index is -1.07. The van der Waals surface area contributed by atoms with Gasteiger partial charge in [-0.15, -0.1) is 0 Å². The molecular weight excluding hydrogens is 292 g/mol. The zero-order chi connectivity index (χ0) is 16.5. The predicted molar refractivity (Wildman–Crippen MR) is 78.4 cm³/mol. The predicted octanol–water partition coefficient (Wildman–Crippen LogP) is 3.69. The van der Waals surface area contributed by atoms with Gasteiger partial charge in [0.15, 0.2) is 11.6 Å². The van der Waals surface area contributed by atoms with Crippen molar-refractivity contribution in [1.82, 2.24) is 4.90 Å². The minimum Gasteiger partial charge on any atom is -0.507 e. The van der Waals surface area contributed by atoms with Crippen LogP contribution in [0.5, 0.6) is 5.75 Å². The molecule has 4 nitrogen and oxygen atoms in total. The van der Waals surface area contributed by atoms with Crippen LogP contribution in [-0.2, 0) is 4.74 Å². The maximum Gasteiger partial charge on any atom is 0.410 e. The lowest BCUT2D eigenvalue weighted by atomic mass is 9.98. The Morgan fingerprint density at radius 2 is 2.00 bits per heavy atom. The van der Waals surface area contributed by atoms with Crippen molar-refractivity contribution in [2.24, 2.45) is 0 Å². The van der Waals surface area contributed by atoms with Crippen molar-refractivity contribution in [2.45, 2.75) is 32.8 Å². The van der Waals surface area contributed by atoms with Gasteiger partial charge in [-0.1, -0.05) is 6.08 Å². The Hall–Kier alpha value is -2.11. The summed E-state index contributed by atoms with van der Waals surface area (Å²) in [7, 11) is 0. The number of nitrogens with zero attached hydrogens (tertiary/aromatic N) is 1. The molecular formula is C16H19F2NO3. The number of phenols is 1. The topological polar surface area (TPSA) is 49.8 Å². The van der Waals surface area contributed by atoms with Crippen molar-refractivity contribution in [3.05, 3.63) is 35.4 Å². The number of carbonyl (C=O) groups excluding carboxylic acids is 1. The van der Waals surface area contributed by atoms with Crippen molar-refractivity contribution in [1.29, 1.82) is 0 Å². The zero-order valence-corrected chi connectivity index (χ0v) is 12.8. The SMILES string of the molecule is CC(C)(C)OC(=O)N1CC=C(c2c(O)ccc(F)c2F)CC1.